The molecule has 0 aliphatic heterocycles. The molecule has 0 saturated carbocycles. The third-order valence-corrected chi connectivity index (χ3v) is 4.35. The number of nitrogens with two attached hydrogens (primary N) is 1. The van der Waals surface area contributed by atoms with E-state index in [4.69, 9.17) is 22.1 Å². The van der Waals surface area contributed by atoms with Gasteiger partial charge in [0.25, 0.3) is 0 Å². The summed E-state index contributed by atoms with van der Waals surface area (Å²) in [5, 5.41) is 0.847. The maximum absolute atomic E-state index is 6.42. The molecule has 0 fully saturated rings. The standard InChI is InChI=1S/C18H30ClNO/c1-5-8-15(9-7-10-20)17-14(4)16(19)12-13(3)18(17)21-11-6-2/h12,15H,5-11,20H2,1-4H3. The number of aryl methyl sites for hydroxylation is 1. The summed E-state index contributed by atoms with van der Waals surface area (Å²) in [6, 6.07) is 2.03. The molecule has 1 atom stereocenters. The SMILES string of the molecule is CCCOc1c(C)cc(Cl)c(C)c1C(CCC)CCCN. The minimum Gasteiger partial charge on any atom is -0.493 e. The Balaban J connectivity index is 3.25. The van der Waals surface area contributed by atoms with Crippen LogP contribution in [-0.4, -0.2) is 13.2 Å². The zero-order valence-electron chi connectivity index (χ0n) is 14.0. The lowest BCUT2D eigenvalue weighted by Crippen LogP contribution is -2.10. The minimum atomic E-state index is 0.489. The van der Waals surface area contributed by atoms with Crippen LogP contribution in [0, 0.1) is 13.8 Å². The first-order chi connectivity index (χ1) is 10.1. The molecule has 0 heterocycles. The van der Waals surface area contributed by atoms with Gasteiger partial charge in [0, 0.05) is 10.6 Å². The second kappa shape index (κ2) is 9.32. The third kappa shape index (κ3) is 4.89. The molecule has 120 valence electrons. The van der Waals surface area contributed by atoms with Crippen molar-refractivity contribution in [2.45, 2.75) is 65.7 Å². The fourth-order valence-corrected chi connectivity index (χ4v) is 3.17. The van der Waals surface area contributed by atoms with Crippen molar-refractivity contribution in [1.82, 2.24) is 0 Å². The van der Waals surface area contributed by atoms with E-state index < -0.39 is 0 Å². The zero-order chi connectivity index (χ0) is 15.8. The van der Waals surface area contributed by atoms with E-state index in [1.165, 1.54) is 11.1 Å². The predicted molar refractivity (Wildman–Crippen MR) is 92.6 cm³/mol. The molecule has 0 saturated heterocycles. The summed E-state index contributed by atoms with van der Waals surface area (Å²) in [7, 11) is 0. The second-order valence-corrected chi connectivity index (χ2v) is 6.22. The Kier molecular flexibility index (Phi) is 8.13. The van der Waals surface area contributed by atoms with Crippen LogP contribution in [0.3, 0.4) is 0 Å². The fraction of sp³-hybridized carbons (Fsp3) is 0.667. The van der Waals surface area contributed by atoms with Gasteiger partial charge in [-0.15, -0.1) is 0 Å². The molecule has 0 radical (unpaired) electrons. The molecule has 0 bridgehead atoms. The summed E-state index contributed by atoms with van der Waals surface area (Å²) >= 11 is 6.42. The second-order valence-electron chi connectivity index (χ2n) is 5.81. The minimum absolute atomic E-state index is 0.489. The molecule has 0 amide bonds. The topological polar surface area (TPSA) is 35.2 Å². The highest BCUT2D eigenvalue weighted by Gasteiger charge is 2.21. The molecular weight excluding hydrogens is 282 g/mol. The van der Waals surface area contributed by atoms with Gasteiger partial charge in [-0.3, -0.25) is 0 Å². The molecule has 21 heavy (non-hydrogen) atoms. The highest BCUT2D eigenvalue weighted by molar-refractivity contribution is 6.31. The van der Waals surface area contributed by atoms with Gasteiger partial charge in [0.05, 0.1) is 6.61 Å². The smallest absolute Gasteiger partial charge is 0.126 e. The van der Waals surface area contributed by atoms with Crippen molar-refractivity contribution in [3.63, 3.8) is 0 Å². The lowest BCUT2D eigenvalue weighted by molar-refractivity contribution is 0.308. The van der Waals surface area contributed by atoms with Gasteiger partial charge in [-0.25, -0.2) is 0 Å². The summed E-state index contributed by atoms with van der Waals surface area (Å²) in [4.78, 5) is 0. The molecule has 1 aromatic rings. The molecule has 0 aromatic heterocycles. The van der Waals surface area contributed by atoms with Gasteiger partial charge in [0.2, 0.25) is 0 Å². The van der Waals surface area contributed by atoms with Gasteiger partial charge < -0.3 is 10.5 Å². The Hall–Kier alpha value is -0.730. The lowest BCUT2D eigenvalue weighted by Gasteiger charge is -2.24. The molecular formula is C18H30ClNO. The summed E-state index contributed by atoms with van der Waals surface area (Å²) in [5.74, 6) is 1.54. The van der Waals surface area contributed by atoms with Gasteiger partial charge in [-0.05, 0) is 69.2 Å². The molecule has 1 aromatic carbocycles. The van der Waals surface area contributed by atoms with Crippen LogP contribution >= 0.6 is 11.6 Å². The molecule has 1 rings (SSSR count). The largest absolute Gasteiger partial charge is 0.493 e. The summed E-state index contributed by atoms with van der Waals surface area (Å²) < 4.78 is 6.07. The van der Waals surface area contributed by atoms with E-state index in [0.717, 1.165) is 61.6 Å². The van der Waals surface area contributed by atoms with Crippen molar-refractivity contribution < 1.29 is 4.74 Å². The van der Waals surface area contributed by atoms with E-state index in [0.29, 0.717) is 5.92 Å². The van der Waals surface area contributed by atoms with E-state index in [1.807, 2.05) is 6.07 Å². The van der Waals surface area contributed by atoms with Gasteiger partial charge in [0.1, 0.15) is 5.75 Å². The molecule has 0 aliphatic carbocycles. The monoisotopic (exact) mass is 311 g/mol. The summed E-state index contributed by atoms with van der Waals surface area (Å²) in [6.07, 6.45) is 5.48. The van der Waals surface area contributed by atoms with Crippen molar-refractivity contribution in [3.8, 4) is 5.75 Å². The fourth-order valence-electron chi connectivity index (χ4n) is 2.91. The van der Waals surface area contributed by atoms with Crippen LogP contribution in [0.5, 0.6) is 5.75 Å². The van der Waals surface area contributed by atoms with Crippen molar-refractivity contribution in [1.29, 1.82) is 0 Å². The first kappa shape index (κ1) is 18.3. The van der Waals surface area contributed by atoms with Crippen LogP contribution < -0.4 is 10.5 Å². The van der Waals surface area contributed by atoms with Crippen LogP contribution in [0.15, 0.2) is 6.07 Å². The first-order valence-electron chi connectivity index (χ1n) is 8.19. The average Bonchev–Trinajstić information content (AvgIpc) is 2.46. The van der Waals surface area contributed by atoms with Gasteiger partial charge in [-0.1, -0.05) is 31.9 Å². The van der Waals surface area contributed by atoms with E-state index in [2.05, 4.69) is 27.7 Å². The molecule has 2 nitrogen and oxygen atoms in total. The van der Waals surface area contributed by atoms with Crippen LogP contribution in [0.2, 0.25) is 5.02 Å². The van der Waals surface area contributed by atoms with E-state index >= 15 is 0 Å². The van der Waals surface area contributed by atoms with E-state index in [-0.39, 0.29) is 0 Å². The predicted octanol–water partition coefficient (Wildman–Crippen LogP) is 5.37. The summed E-state index contributed by atoms with van der Waals surface area (Å²) in [5.41, 5.74) is 9.33. The van der Waals surface area contributed by atoms with Crippen molar-refractivity contribution in [2.75, 3.05) is 13.2 Å². The number of benzene rings is 1. The maximum Gasteiger partial charge on any atom is 0.126 e. The number of hydrogen-bond acceptors (Lipinski definition) is 2. The Morgan fingerprint density at radius 2 is 1.90 bits per heavy atom. The van der Waals surface area contributed by atoms with Crippen LogP contribution in [0.1, 0.15) is 68.6 Å². The Bertz CT molecular complexity index is 445. The average molecular weight is 312 g/mol. The maximum atomic E-state index is 6.42. The Morgan fingerprint density at radius 3 is 2.48 bits per heavy atom. The molecule has 0 spiro atoms. The lowest BCUT2D eigenvalue weighted by atomic mass is 9.85. The van der Waals surface area contributed by atoms with Crippen LogP contribution in [0.4, 0.5) is 0 Å². The molecule has 2 N–H and O–H groups in total. The van der Waals surface area contributed by atoms with Crippen LogP contribution in [-0.2, 0) is 0 Å². The van der Waals surface area contributed by atoms with Gasteiger partial charge in [0.15, 0.2) is 0 Å². The van der Waals surface area contributed by atoms with E-state index in [9.17, 15) is 0 Å². The molecule has 3 heteroatoms. The quantitative estimate of drug-likeness (QED) is 0.665. The van der Waals surface area contributed by atoms with Gasteiger partial charge in [-0.2, -0.15) is 0 Å². The Labute approximate surface area is 135 Å². The highest BCUT2D eigenvalue weighted by Crippen LogP contribution is 2.41. The van der Waals surface area contributed by atoms with Gasteiger partial charge >= 0.3 is 0 Å². The number of halogens is 1. The zero-order valence-corrected chi connectivity index (χ0v) is 14.7. The number of hydrogen-bond donors (Lipinski definition) is 1. The number of rotatable bonds is 9. The number of ether oxygens (including phenoxy) is 1. The Morgan fingerprint density at radius 1 is 1.19 bits per heavy atom. The van der Waals surface area contributed by atoms with Crippen molar-refractivity contribution >= 4 is 11.6 Å². The van der Waals surface area contributed by atoms with E-state index in [1.54, 1.807) is 0 Å². The van der Waals surface area contributed by atoms with Crippen molar-refractivity contribution in [3.05, 3.63) is 27.8 Å². The molecule has 1 unspecified atom stereocenters. The third-order valence-electron chi connectivity index (χ3n) is 3.96. The van der Waals surface area contributed by atoms with Crippen molar-refractivity contribution in [2.24, 2.45) is 5.73 Å². The highest BCUT2D eigenvalue weighted by atomic mass is 35.5. The first-order valence-corrected chi connectivity index (χ1v) is 8.56. The van der Waals surface area contributed by atoms with Crippen LogP contribution in [0.25, 0.3) is 0 Å². The molecule has 0 aliphatic rings. The normalized spacial score (nSPS) is 12.5. The summed E-state index contributed by atoms with van der Waals surface area (Å²) in [6.45, 7) is 10.1.